The first-order valence-electron chi connectivity index (χ1n) is 4.13. The summed E-state index contributed by atoms with van der Waals surface area (Å²) in [5, 5.41) is 16.4. The molecular formula is C9H13NO3S. The zero-order valence-electron chi connectivity index (χ0n) is 8.11. The van der Waals surface area contributed by atoms with E-state index in [0.717, 1.165) is 5.69 Å². The topological polar surface area (TPSA) is 58.6 Å². The lowest BCUT2D eigenvalue weighted by atomic mass is 10.1. The van der Waals surface area contributed by atoms with Crippen LogP contribution in [0.5, 0.6) is 0 Å². The number of aliphatic hydroxyl groups is 1. The summed E-state index contributed by atoms with van der Waals surface area (Å²) in [6.07, 6.45) is 0. The Labute approximate surface area is 86.5 Å². The minimum atomic E-state index is -1.49. The lowest BCUT2D eigenvalue weighted by Gasteiger charge is -2.20. The maximum Gasteiger partial charge on any atom is 0.339 e. The van der Waals surface area contributed by atoms with E-state index in [0.29, 0.717) is 0 Å². The van der Waals surface area contributed by atoms with Crippen molar-refractivity contribution in [2.24, 2.45) is 0 Å². The zero-order chi connectivity index (χ0) is 10.6. The SMILES string of the molecule is COC(=O)C(C)(O)CNc1ccsc1. The van der Waals surface area contributed by atoms with Crippen LogP contribution in [0, 0.1) is 0 Å². The molecule has 1 heterocycles. The van der Waals surface area contributed by atoms with Crippen LogP contribution >= 0.6 is 11.3 Å². The molecule has 0 aliphatic heterocycles. The van der Waals surface area contributed by atoms with Crippen molar-refractivity contribution in [3.8, 4) is 0 Å². The van der Waals surface area contributed by atoms with Crippen LogP contribution < -0.4 is 5.32 Å². The third-order valence-corrected chi connectivity index (χ3v) is 2.47. The van der Waals surface area contributed by atoms with Crippen molar-refractivity contribution in [3.05, 3.63) is 16.8 Å². The number of hydrogen-bond acceptors (Lipinski definition) is 5. The van der Waals surface area contributed by atoms with E-state index in [2.05, 4.69) is 10.1 Å². The van der Waals surface area contributed by atoms with Gasteiger partial charge in [0, 0.05) is 11.1 Å². The van der Waals surface area contributed by atoms with Gasteiger partial charge in [0.05, 0.1) is 13.7 Å². The second-order valence-electron chi connectivity index (χ2n) is 3.13. The highest BCUT2D eigenvalue weighted by atomic mass is 32.1. The zero-order valence-corrected chi connectivity index (χ0v) is 8.93. The van der Waals surface area contributed by atoms with Gasteiger partial charge in [-0.1, -0.05) is 0 Å². The van der Waals surface area contributed by atoms with Crippen LogP contribution in [0.4, 0.5) is 5.69 Å². The van der Waals surface area contributed by atoms with Gasteiger partial charge in [0.1, 0.15) is 0 Å². The minimum absolute atomic E-state index is 0.135. The Morgan fingerprint density at radius 3 is 3.00 bits per heavy atom. The van der Waals surface area contributed by atoms with Crippen LogP contribution in [0.3, 0.4) is 0 Å². The summed E-state index contributed by atoms with van der Waals surface area (Å²) in [6.45, 7) is 1.55. The quantitative estimate of drug-likeness (QED) is 0.738. The lowest BCUT2D eigenvalue weighted by Crippen LogP contribution is -2.42. The molecule has 0 amide bonds. The maximum atomic E-state index is 11.1. The normalized spacial score (nSPS) is 14.5. The summed E-state index contributed by atoms with van der Waals surface area (Å²) < 4.78 is 4.46. The van der Waals surface area contributed by atoms with E-state index in [9.17, 15) is 9.90 Å². The van der Waals surface area contributed by atoms with Crippen LogP contribution in [0.1, 0.15) is 6.92 Å². The molecule has 0 radical (unpaired) electrons. The fraction of sp³-hybridized carbons (Fsp3) is 0.444. The number of anilines is 1. The van der Waals surface area contributed by atoms with Crippen LogP contribution in [-0.4, -0.2) is 30.3 Å². The molecular weight excluding hydrogens is 202 g/mol. The first kappa shape index (κ1) is 11.0. The van der Waals surface area contributed by atoms with Crippen molar-refractivity contribution >= 4 is 23.0 Å². The molecule has 0 aliphatic rings. The molecule has 0 aliphatic carbocycles. The van der Waals surface area contributed by atoms with E-state index in [4.69, 9.17) is 0 Å². The van der Waals surface area contributed by atoms with Crippen molar-refractivity contribution in [2.45, 2.75) is 12.5 Å². The highest BCUT2D eigenvalue weighted by molar-refractivity contribution is 7.08. The molecule has 0 fully saturated rings. The third-order valence-electron chi connectivity index (χ3n) is 1.78. The molecule has 0 bridgehead atoms. The van der Waals surface area contributed by atoms with E-state index in [-0.39, 0.29) is 6.54 Å². The van der Waals surface area contributed by atoms with E-state index in [1.807, 2.05) is 16.8 Å². The van der Waals surface area contributed by atoms with Gasteiger partial charge in [-0.05, 0) is 18.4 Å². The monoisotopic (exact) mass is 215 g/mol. The first-order chi connectivity index (χ1) is 6.56. The summed E-state index contributed by atoms with van der Waals surface area (Å²) in [7, 11) is 1.25. The van der Waals surface area contributed by atoms with E-state index >= 15 is 0 Å². The minimum Gasteiger partial charge on any atom is -0.467 e. The molecule has 4 nitrogen and oxygen atoms in total. The van der Waals surface area contributed by atoms with Gasteiger partial charge in [0.25, 0.3) is 0 Å². The number of ether oxygens (including phenoxy) is 1. The fourth-order valence-electron chi connectivity index (χ4n) is 0.931. The number of nitrogens with one attached hydrogen (secondary N) is 1. The van der Waals surface area contributed by atoms with Crippen LogP contribution in [-0.2, 0) is 9.53 Å². The lowest BCUT2D eigenvalue weighted by molar-refractivity contribution is -0.158. The molecule has 1 unspecified atom stereocenters. The van der Waals surface area contributed by atoms with Gasteiger partial charge in [-0.3, -0.25) is 0 Å². The number of thiophene rings is 1. The van der Waals surface area contributed by atoms with Gasteiger partial charge in [0.2, 0.25) is 0 Å². The Morgan fingerprint density at radius 2 is 2.50 bits per heavy atom. The largest absolute Gasteiger partial charge is 0.467 e. The maximum absolute atomic E-state index is 11.1. The molecule has 1 atom stereocenters. The van der Waals surface area contributed by atoms with Crippen molar-refractivity contribution in [3.63, 3.8) is 0 Å². The standard InChI is InChI=1S/C9H13NO3S/c1-9(12,8(11)13-2)6-10-7-3-4-14-5-7/h3-5,10,12H,6H2,1-2H3. The third kappa shape index (κ3) is 2.71. The Balaban J connectivity index is 2.48. The first-order valence-corrected chi connectivity index (χ1v) is 5.07. The smallest absolute Gasteiger partial charge is 0.339 e. The molecule has 1 rings (SSSR count). The Hall–Kier alpha value is -1.07. The summed E-state index contributed by atoms with van der Waals surface area (Å²) in [5.41, 5.74) is -0.601. The molecule has 0 saturated carbocycles. The molecule has 14 heavy (non-hydrogen) atoms. The van der Waals surface area contributed by atoms with Gasteiger partial charge < -0.3 is 15.2 Å². The van der Waals surface area contributed by atoms with Crippen molar-refractivity contribution in [2.75, 3.05) is 19.0 Å². The Morgan fingerprint density at radius 1 is 1.79 bits per heavy atom. The van der Waals surface area contributed by atoms with Gasteiger partial charge in [0.15, 0.2) is 5.60 Å². The second kappa shape index (κ2) is 4.43. The highest BCUT2D eigenvalue weighted by Gasteiger charge is 2.30. The second-order valence-corrected chi connectivity index (χ2v) is 3.91. The molecule has 1 aromatic rings. The van der Waals surface area contributed by atoms with E-state index in [1.165, 1.54) is 14.0 Å². The van der Waals surface area contributed by atoms with Crippen LogP contribution in [0.15, 0.2) is 16.8 Å². The van der Waals surface area contributed by atoms with Crippen LogP contribution in [0.2, 0.25) is 0 Å². The summed E-state index contributed by atoms with van der Waals surface area (Å²) in [6, 6.07) is 1.87. The molecule has 5 heteroatoms. The predicted molar refractivity (Wildman–Crippen MR) is 55.4 cm³/mol. The van der Waals surface area contributed by atoms with Gasteiger partial charge in [-0.2, -0.15) is 11.3 Å². The average Bonchev–Trinajstić information content (AvgIpc) is 2.66. The van der Waals surface area contributed by atoms with Crippen molar-refractivity contribution in [1.82, 2.24) is 0 Å². The van der Waals surface area contributed by atoms with E-state index < -0.39 is 11.6 Å². The molecule has 1 aromatic heterocycles. The summed E-state index contributed by atoms with van der Waals surface area (Å²) >= 11 is 1.54. The number of esters is 1. The average molecular weight is 215 g/mol. The molecule has 2 N–H and O–H groups in total. The molecule has 0 saturated heterocycles. The van der Waals surface area contributed by atoms with Gasteiger partial charge in [-0.15, -0.1) is 0 Å². The van der Waals surface area contributed by atoms with E-state index in [1.54, 1.807) is 11.3 Å². The van der Waals surface area contributed by atoms with Gasteiger partial charge >= 0.3 is 5.97 Å². The number of rotatable bonds is 4. The van der Waals surface area contributed by atoms with Crippen LogP contribution in [0.25, 0.3) is 0 Å². The van der Waals surface area contributed by atoms with Crippen molar-refractivity contribution < 1.29 is 14.6 Å². The number of carbonyl (C=O) groups excluding carboxylic acids is 1. The molecule has 0 aromatic carbocycles. The van der Waals surface area contributed by atoms with Crippen molar-refractivity contribution in [1.29, 1.82) is 0 Å². The number of hydrogen-bond donors (Lipinski definition) is 2. The Bertz CT molecular complexity index is 295. The predicted octanol–water partition coefficient (Wildman–Crippen LogP) is 1.08. The number of carbonyl (C=O) groups is 1. The Kier molecular flexibility index (Phi) is 3.49. The number of methoxy groups -OCH3 is 1. The van der Waals surface area contributed by atoms with Gasteiger partial charge in [-0.25, -0.2) is 4.79 Å². The summed E-state index contributed by atoms with van der Waals surface area (Å²) in [5.74, 6) is -0.639. The highest BCUT2D eigenvalue weighted by Crippen LogP contribution is 2.14. The molecule has 0 spiro atoms. The fourth-order valence-corrected chi connectivity index (χ4v) is 1.54. The summed E-state index contributed by atoms with van der Waals surface area (Å²) in [4.78, 5) is 11.1. The molecule has 78 valence electrons.